The number of aliphatic hydroxyl groups excluding tert-OH is 1. The molecule has 3 nitrogen and oxygen atoms in total. The molecule has 0 amide bonds. The number of aliphatic hydroxyl groups is 2. The van der Waals surface area contributed by atoms with Gasteiger partial charge in [0.05, 0.1) is 6.61 Å². The van der Waals surface area contributed by atoms with Gasteiger partial charge >= 0.3 is 0 Å². The summed E-state index contributed by atoms with van der Waals surface area (Å²) >= 11 is 0. The maximum atomic E-state index is 8.73. The highest BCUT2D eigenvalue weighted by Crippen LogP contribution is 2.31. The molecule has 0 spiro atoms. The molecule has 1 heterocycles. The van der Waals surface area contributed by atoms with E-state index in [1.807, 2.05) is 0 Å². The summed E-state index contributed by atoms with van der Waals surface area (Å²) in [6, 6.07) is 0. The van der Waals surface area contributed by atoms with Crippen molar-refractivity contribution in [1.29, 1.82) is 0 Å². The monoisotopic (exact) mass is 104 g/mol. The van der Waals surface area contributed by atoms with Crippen LogP contribution in [0.1, 0.15) is 6.92 Å². The Bertz CT molecular complexity index is 79.0. The number of hydrogen-bond acceptors (Lipinski definition) is 3. The van der Waals surface area contributed by atoms with Crippen molar-refractivity contribution in [2.24, 2.45) is 0 Å². The van der Waals surface area contributed by atoms with E-state index >= 15 is 0 Å². The normalized spacial score (nSPS) is 49.3. The molecular formula is C4H8O3. The number of ether oxygens (including phenoxy) is 1. The smallest absolute Gasteiger partial charge is 0.216 e. The Kier molecular flexibility index (Phi) is 0.849. The third-order valence-corrected chi connectivity index (χ3v) is 1.19. The molecular weight excluding hydrogens is 96.0 g/mol. The summed E-state index contributed by atoms with van der Waals surface area (Å²) in [5, 5.41) is 17.0. The Morgan fingerprint density at radius 3 is 2.29 bits per heavy atom. The predicted octanol–water partition coefficient (Wildman–Crippen LogP) is -0.914. The average Bonchev–Trinajstić information content (AvgIpc) is 2.18. The van der Waals surface area contributed by atoms with Crippen LogP contribution in [0.2, 0.25) is 0 Å². The lowest BCUT2D eigenvalue weighted by atomic mass is 10.3. The largest absolute Gasteiger partial charge is 0.391 e. The number of rotatable bonds is 1. The molecule has 2 atom stereocenters. The van der Waals surface area contributed by atoms with E-state index in [0.717, 1.165) is 0 Å². The third kappa shape index (κ3) is 0.627. The Hall–Kier alpha value is -0.120. The van der Waals surface area contributed by atoms with Gasteiger partial charge in [0.25, 0.3) is 0 Å². The van der Waals surface area contributed by atoms with Crippen LogP contribution in [0, 0.1) is 0 Å². The molecule has 3 heteroatoms. The van der Waals surface area contributed by atoms with Crippen molar-refractivity contribution in [3.05, 3.63) is 0 Å². The summed E-state index contributed by atoms with van der Waals surface area (Å²) in [4.78, 5) is 0. The Balaban J connectivity index is 2.36. The standard InChI is InChI=1S/C4H8O3/c1-3-4(6,2-5)7-3/h3,5-6H,2H2,1H3. The van der Waals surface area contributed by atoms with Crippen molar-refractivity contribution < 1.29 is 14.9 Å². The molecule has 0 radical (unpaired) electrons. The van der Waals surface area contributed by atoms with Crippen molar-refractivity contribution in [1.82, 2.24) is 0 Å². The number of hydrogen-bond donors (Lipinski definition) is 2. The molecule has 0 aromatic carbocycles. The lowest BCUT2D eigenvalue weighted by Gasteiger charge is -1.93. The maximum Gasteiger partial charge on any atom is 0.216 e. The second-order valence-electron chi connectivity index (χ2n) is 1.76. The van der Waals surface area contributed by atoms with E-state index in [1.54, 1.807) is 6.92 Å². The van der Waals surface area contributed by atoms with Crippen LogP contribution < -0.4 is 0 Å². The lowest BCUT2D eigenvalue weighted by molar-refractivity contribution is -0.0132. The van der Waals surface area contributed by atoms with E-state index < -0.39 is 5.79 Å². The second-order valence-corrected chi connectivity index (χ2v) is 1.76. The van der Waals surface area contributed by atoms with Gasteiger partial charge in [-0.05, 0) is 6.92 Å². The van der Waals surface area contributed by atoms with Crippen LogP contribution in [-0.2, 0) is 4.74 Å². The first-order valence-corrected chi connectivity index (χ1v) is 2.20. The highest BCUT2D eigenvalue weighted by molar-refractivity contribution is 4.87. The van der Waals surface area contributed by atoms with Crippen LogP contribution in [0.25, 0.3) is 0 Å². The third-order valence-electron chi connectivity index (χ3n) is 1.19. The molecule has 1 aliphatic heterocycles. The molecule has 1 fully saturated rings. The van der Waals surface area contributed by atoms with E-state index in [-0.39, 0.29) is 12.7 Å². The molecule has 1 aliphatic rings. The van der Waals surface area contributed by atoms with Gasteiger partial charge in [-0.15, -0.1) is 0 Å². The molecule has 42 valence electrons. The first-order chi connectivity index (χ1) is 3.19. The summed E-state index contributed by atoms with van der Waals surface area (Å²) < 4.78 is 4.56. The van der Waals surface area contributed by atoms with Gasteiger partial charge in [-0.3, -0.25) is 0 Å². The minimum absolute atomic E-state index is 0.183. The van der Waals surface area contributed by atoms with Crippen molar-refractivity contribution in [3.63, 3.8) is 0 Å². The molecule has 2 N–H and O–H groups in total. The fraction of sp³-hybridized carbons (Fsp3) is 1.00. The van der Waals surface area contributed by atoms with Gasteiger partial charge in [0.15, 0.2) is 0 Å². The fourth-order valence-electron chi connectivity index (χ4n) is 0.438. The molecule has 1 saturated heterocycles. The van der Waals surface area contributed by atoms with Crippen LogP contribution >= 0.6 is 0 Å². The molecule has 0 saturated carbocycles. The summed E-state index contributed by atoms with van der Waals surface area (Å²) in [7, 11) is 0. The zero-order valence-corrected chi connectivity index (χ0v) is 4.09. The van der Waals surface area contributed by atoms with Crippen LogP contribution in [0.3, 0.4) is 0 Å². The summed E-state index contributed by atoms with van der Waals surface area (Å²) in [6.45, 7) is 1.41. The van der Waals surface area contributed by atoms with E-state index in [2.05, 4.69) is 4.74 Å². The Labute approximate surface area is 41.5 Å². The van der Waals surface area contributed by atoms with Crippen LogP contribution in [0.15, 0.2) is 0 Å². The van der Waals surface area contributed by atoms with Gasteiger partial charge < -0.3 is 14.9 Å². The quantitative estimate of drug-likeness (QED) is 0.423. The van der Waals surface area contributed by atoms with Crippen molar-refractivity contribution in [2.75, 3.05) is 6.61 Å². The van der Waals surface area contributed by atoms with Gasteiger partial charge in [0.1, 0.15) is 6.10 Å². The minimum Gasteiger partial charge on any atom is -0.391 e. The van der Waals surface area contributed by atoms with E-state index in [1.165, 1.54) is 0 Å². The van der Waals surface area contributed by atoms with Gasteiger partial charge in [-0.1, -0.05) is 0 Å². The SMILES string of the molecule is CC1OC1(O)CO. The topological polar surface area (TPSA) is 53.0 Å². The zero-order valence-electron chi connectivity index (χ0n) is 4.09. The maximum absolute atomic E-state index is 8.73. The average molecular weight is 104 g/mol. The fourth-order valence-corrected chi connectivity index (χ4v) is 0.438. The number of epoxide rings is 1. The van der Waals surface area contributed by atoms with Gasteiger partial charge in [-0.25, -0.2) is 0 Å². The van der Waals surface area contributed by atoms with Gasteiger partial charge in [-0.2, -0.15) is 0 Å². The van der Waals surface area contributed by atoms with Crippen LogP contribution in [-0.4, -0.2) is 28.7 Å². The first kappa shape index (κ1) is 5.03. The second kappa shape index (κ2) is 1.18. The zero-order chi connectivity index (χ0) is 5.49. The van der Waals surface area contributed by atoms with E-state index in [9.17, 15) is 0 Å². The minimum atomic E-state index is -1.19. The molecule has 0 aromatic heterocycles. The van der Waals surface area contributed by atoms with Crippen molar-refractivity contribution >= 4 is 0 Å². The molecule has 2 unspecified atom stereocenters. The Morgan fingerprint density at radius 1 is 1.86 bits per heavy atom. The molecule has 0 aliphatic carbocycles. The predicted molar refractivity (Wildman–Crippen MR) is 22.6 cm³/mol. The van der Waals surface area contributed by atoms with Crippen molar-refractivity contribution in [3.8, 4) is 0 Å². The first-order valence-electron chi connectivity index (χ1n) is 2.20. The van der Waals surface area contributed by atoms with E-state index in [0.29, 0.717) is 0 Å². The van der Waals surface area contributed by atoms with Crippen LogP contribution in [0.5, 0.6) is 0 Å². The lowest BCUT2D eigenvalue weighted by Crippen LogP contribution is -2.17. The molecule has 0 bridgehead atoms. The highest BCUT2D eigenvalue weighted by atomic mass is 16.7. The van der Waals surface area contributed by atoms with Crippen LogP contribution in [0.4, 0.5) is 0 Å². The molecule has 1 rings (SSSR count). The van der Waals surface area contributed by atoms with Gasteiger partial charge in [0, 0.05) is 0 Å². The highest BCUT2D eigenvalue weighted by Gasteiger charge is 2.51. The summed E-state index contributed by atoms with van der Waals surface area (Å²) in [5.74, 6) is -1.19. The molecule has 7 heavy (non-hydrogen) atoms. The van der Waals surface area contributed by atoms with Gasteiger partial charge in [0.2, 0.25) is 5.79 Å². The summed E-state index contributed by atoms with van der Waals surface area (Å²) in [5.41, 5.74) is 0. The van der Waals surface area contributed by atoms with E-state index in [4.69, 9.17) is 10.2 Å². The Morgan fingerprint density at radius 2 is 2.29 bits per heavy atom. The summed E-state index contributed by atoms with van der Waals surface area (Å²) in [6.07, 6.45) is -0.183. The van der Waals surface area contributed by atoms with Crippen molar-refractivity contribution in [2.45, 2.75) is 18.8 Å². The molecule has 0 aromatic rings.